The van der Waals surface area contributed by atoms with Gasteiger partial charge in [-0.2, -0.15) is 0 Å². The van der Waals surface area contributed by atoms with E-state index in [2.05, 4.69) is 0 Å². The average molecular weight is 303 g/mol. The first-order valence-electron chi connectivity index (χ1n) is 6.92. The lowest BCUT2D eigenvalue weighted by Crippen LogP contribution is -2.60. The zero-order valence-electron chi connectivity index (χ0n) is 12.6. The standard InChI is InChI=1S/C13H21NO7/c1-11(2)18-7-5-17-13(6-16-10(14)15)9(8(7)19-11)20-12(3,4)21-13/h7-9H,5-6H2,1-4H3,(H2,14,15)/t7-,8?,9?,13+/m1/s1. The van der Waals surface area contributed by atoms with E-state index in [1.165, 1.54) is 0 Å². The molecule has 1 amide bonds. The molecule has 4 atom stereocenters. The van der Waals surface area contributed by atoms with Gasteiger partial charge in [-0.25, -0.2) is 4.79 Å². The van der Waals surface area contributed by atoms with Gasteiger partial charge in [-0.3, -0.25) is 0 Å². The van der Waals surface area contributed by atoms with Gasteiger partial charge in [0.05, 0.1) is 6.61 Å². The number of fused-ring (bicyclic) bond motifs is 3. The number of hydrogen-bond acceptors (Lipinski definition) is 7. The molecule has 3 rings (SSSR count). The van der Waals surface area contributed by atoms with E-state index >= 15 is 0 Å². The number of carbonyl (C=O) groups is 1. The second kappa shape index (κ2) is 4.53. The van der Waals surface area contributed by atoms with Crippen LogP contribution in [0, 0.1) is 0 Å². The van der Waals surface area contributed by atoms with Crippen molar-refractivity contribution in [2.75, 3.05) is 13.2 Å². The van der Waals surface area contributed by atoms with Crippen molar-refractivity contribution in [2.45, 2.75) is 63.4 Å². The summed E-state index contributed by atoms with van der Waals surface area (Å²) in [6.07, 6.45) is -2.10. The van der Waals surface area contributed by atoms with Crippen molar-refractivity contribution in [3.63, 3.8) is 0 Å². The summed E-state index contributed by atoms with van der Waals surface area (Å²) in [6, 6.07) is 0. The Kier molecular flexibility index (Phi) is 3.23. The van der Waals surface area contributed by atoms with E-state index in [4.69, 9.17) is 34.2 Å². The highest BCUT2D eigenvalue weighted by atomic mass is 16.9. The maximum atomic E-state index is 10.9. The van der Waals surface area contributed by atoms with E-state index in [1.807, 2.05) is 13.8 Å². The van der Waals surface area contributed by atoms with Gasteiger partial charge in [0.1, 0.15) is 18.3 Å². The smallest absolute Gasteiger partial charge is 0.404 e. The monoisotopic (exact) mass is 303 g/mol. The van der Waals surface area contributed by atoms with Crippen LogP contribution < -0.4 is 5.73 Å². The van der Waals surface area contributed by atoms with Gasteiger partial charge >= 0.3 is 6.09 Å². The van der Waals surface area contributed by atoms with E-state index in [0.717, 1.165) is 0 Å². The van der Waals surface area contributed by atoms with Crippen molar-refractivity contribution >= 4 is 6.09 Å². The molecule has 0 spiro atoms. The van der Waals surface area contributed by atoms with Gasteiger partial charge in [0.25, 0.3) is 0 Å². The Balaban J connectivity index is 1.86. The van der Waals surface area contributed by atoms with E-state index < -0.39 is 29.6 Å². The Morgan fingerprint density at radius 1 is 1.19 bits per heavy atom. The van der Waals surface area contributed by atoms with Gasteiger partial charge in [0, 0.05) is 0 Å². The van der Waals surface area contributed by atoms with Crippen molar-refractivity contribution in [3.8, 4) is 0 Å². The van der Waals surface area contributed by atoms with Crippen LogP contribution >= 0.6 is 0 Å². The minimum absolute atomic E-state index is 0.163. The zero-order valence-corrected chi connectivity index (χ0v) is 12.6. The van der Waals surface area contributed by atoms with Gasteiger partial charge in [0.15, 0.2) is 18.2 Å². The van der Waals surface area contributed by atoms with E-state index in [1.54, 1.807) is 13.8 Å². The Morgan fingerprint density at radius 2 is 1.90 bits per heavy atom. The molecular weight excluding hydrogens is 282 g/mol. The first kappa shape index (κ1) is 15.0. The number of amides is 1. The summed E-state index contributed by atoms with van der Waals surface area (Å²) < 4.78 is 34.2. The van der Waals surface area contributed by atoms with Crippen LogP contribution in [-0.2, 0) is 28.4 Å². The van der Waals surface area contributed by atoms with Crippen LogP contribution in [0.1, 0.15) is 27.7 Å². The maximum absolute atomic E-state index is 10.9. The van der Waals surface area contributed by atoms with E-state index in [9.17, 15) is 4.79 Å². The molecular formula is C13H21NO7. The molecule has 2 unspecified atom stereocenters. The van der Waals surface area contributed by atoms with Crippen molar-refractivity contribution < 1.29 is 33.2 Å². The molecule has 0 aromatic heterocycles. The lowest BCUT2D eigenvalue weighted by Gasteiger charge is -2.39. The van der Waals surface area contributed by atoms with Gasteiger partial charge in [-0.1, -0.05) is 0 Å². The molecule has 0 bridgehead atoms. The molecule has 0 radical (unpaired) electrons. The molecule has 8 heteroatoms. The summed E-state index contributed by atoms with van der Waals surface area (Å²) >= 11 is 0. The fraction of sp³-hybridized carbons (Fsp3) is 0.923. The van der Waals surface area contributed by atoms with Crippen LogP contribution in [-0.4, -0.2) is 55.0 Å². The highest BCUT2D eigenvalue weighted by Gasteiger charge is 2.65. The molecule has 3 heterocycles. The molecule has 0 aliphatic carbocycles. The highest BCUT2D eigenvalue weighted by Crippen LogP contribution is 2.47. The van der Waals surface area contributed by atoms with Gasteiger partial charge < -0.3 is 34.2 Å². The predicted molar refractivity (Wildman–Crippen MR) is 68.1 cm³/mol. The van der Waals surface area contributed by atoms with E-state index in [-0.39, 0.29) is 25.4 Å². The van der Waals surface area contributed by atoms with Crippen LogP contribution in [0.2, 0.25) is 0 Å². The predicted octanol–water partition coefficient (Wildman–Crippen LogP) is 0.480. The molecule has 21 heavy (non-hydrogen) atoms. The van der Waals surface area contributed by atoms with Gasteiger partial charge in [0.2, 0.25) is 5.79 Å². The Hall–Kier alpha value is -0.930. The third kappa shape index (κ3) is 2.62. The molecule has 3 aliphatic rings. The third-order valence-electron chi connectivity index (χ3n) is 3.69. The number of ether oxygens (including phenoxy) is 6. The normalized spacial score (nSPS) is 43.1. The molecule has 2 N–H and O–H groups in total. The van der Waals surface area contributed by atoms with Crippen LogP contribution in [0.4, 0.5) is 4.79 Å². The summed E-state index contributed by atoms with van der Waals surface area (Å²) in [5.74, 6) is -2.85. The molecule has 0 aromatic carbocycles. The maximum Gasteiger partial charge on any atom is 0.404 e. The van der Waals surface area contributed by atoms with Crippen LogP contribution in [0.5, 0.6) is 0 Å². The second-order valence-electron chi connectivity index (χ2n) is 6.41. The number of hydrogen-bond donors (Lipinski definition) is 1. The zero-order chi connectivity index (χ0) is 15.5. The van der Waals surface area contributed by atoms with Crippen molar-refractivity contribution in [1.82, 2.24) is 0 Å². The Bertz CT molecular complexity index is 452. The third-order valence-corrected chi connectivity index (χ3v) is 3.69. The van der Waals surface area contributed by atoms with Crippen molar-refractivity contribution in [1.29, 1.82) is 0 Å². The second-order valence-corrected chi connectivity index (χ2v) is 6.41. The SMILES string of the molecule is CC1(C)OC2C3OC(C)(C)O[C@]3(COC(N)=O)OC[C@H]2O1. The topological polar surface area (TPSA) is 98.5 Å². The van der Waals surface area contributed by atoms with Gasteiger partial charge in [-0.15, -0.1) is 0 Å². The van der Waals surface area contributed by atoms with Crippen molar-refractivity contribution in [3.05, 3.63) is 0 Å². The summed E-state index contributed by atoms with van der Waals surface area (Å²) in [5.41, 5.74) is 5.04. The molecule has 8 nitrogen and oxygen atoms in total. The summed E-state index contributed by atoms with van der Waals surface area (Å²) in [7, 11) is 0. The Morgan fingerprint density at radius 3 is 2.57 bits per heavy atom. The van der Waals surface area contributed by atoms with Crippen LogP contribution in [0.3, 0.4) is 0 Å². The van der Waals surface area contributed by atoms with E-state index in [0.29, 0.717) is 0 Å². The fourth-order valence-corrected chi connectivity index (χ4v) is 3.12. The molecule has 3 saturated heterocycles. The average Bonchev–Trinajstić information content (AvgIpc) is 2.78. The summed E-state index contributed by atoms with van der Waals surface area (Å²) in [6.45, 7) is 7.27. The Labute approximate surface area is 122 Å². The molecule has 3 fully saturated rings. The first-order valence-corrected chi connectivity index (χ1v) is 6.92. The summed E-state index contributed by atoms with van der Waals surface area (Å²) in [4.78, 5) is 10.9. The minimum Gasteiger partial charge on any atom is -0.444 e. The molecule has 3 aliphatic heterocycles. The van der Waals surface area contributed by atoms with Crippen LogP contribution in [0.25, 0.3) is 0 Å². The number of carbonyl (C=O) groups excluding carboxylic acids is 1. The van der Waals surface area contributed by atoms with Crippen molar-refractivity contribution in [2.24, 2.45) is 5.73 Å². The minimum atomic E-state index is -1.23. The summed E-state index contributed by atoms with van der Waals surface area (Å²) in [5, 5.41) is 0. The number of primary amides is 1. The van der Waals surface area contributed by atoms with Gasteiger partial charge in [-0.05, 0) is 27.7 Å². The highest BCUT2D eigenvalue weighted by molar-refractivity contribution is 5.64. The largest absolute Gasteiger partial charge is 0.444 e. The molecule has 0 saturated carbocycles. The quantitative estimate of drug-likeness (QED) is 0.792. The molecule has 120 valence electrons. The molecule has 0 aromatic rings. The number of rotatable bonds is 2. The fourth-order valence-electron chi connectivity index (χ4n) is 3.12. The lowest BCUT2D eigenvalue weighted by atomic mass is 9.97. The number of nitrogens with two attached hydrogens (primary N) is 1. The first-order chi connectivity index (χ1) is 9.63. The van der Waals surface area contributed by atoms with Crippen LogP contribution in [0.15, 0.2) is 0 Å². The lowest BCUT2D eigenvalue weighted by molar-refractivity contribution is -0.293.